The number of rotatable bonds is 14. The number of unbranched alkanes of at least 4 members (excludes halogenated alkanes) is 8. The monoisotopic (exact) mass is 381 g/mol. The van der Waals surface area contributed by atoms with Crippen molar-refractivity contribution < 1.29 is 19.7 Å². The molecule has 5 nitrogen and oxygen atoms in total. The lowest BCUT2D eigenvalue weighted by Crippen LogP contribution is -2.65. The molecule has 3 atom stereocenters. The summed E-state index contributed by atoms with van der Waals surface area (Å²) >= 11 is 0. The molecular weight excluding hydrogens is 342 g/mol. The SMILES string of the molecule is CCCCCCCCCCCC(=O)OC(C)C(N)(C(C)O)C(C)O.Cl. The van der Waals surface area contributed by atoms with E-state index in [0.717, 1.165) is 19.3 Å². The van der Waals surface area contributed by atoms with Crippen molar-refractivity contribution in [2.75, 3.05) is 0 Å². The molecule has 0 bridgehead atoms. The van der Waals surface area contributed by atoms with E-state index >= 15 is 0 Å². The molecule has 0 aliphatic carbocycles. The molecule has 0 aromatic rings. The van der Waals surface area contributed by atoms with Crippen LogP contribution in [0.15, 0.2) is 0 Å². The van der Waals surface area contributed by atoms with Crippen molar-refractivity contribution >= 4 is 18.4 Å². The summed E-state index contributed by atoms with van der Waals surface area (Å²) in [5.41, 5.74) is 4.69. The summed E-state index contributed by atoms with van der Waals surface area (Å²) in [4.78, 5) is 11.9. The van der Waals surface area contributed by atoms with Gasteiger partial charge in [0.05, 0.1) is 12.2 Å². The summed E-state index contributed by atoms with van der Waals surface area (Å²) in [6.45, 7) is 6.83. The highest BCUT2D eigenvalue weighted by atomic mass is 35.5. The molecule has 0 radical (unpaired) electrons. The molecule has 0 aromatic heterocycles. The Kier molecular flexibility index (Phi) is 15.9. The first kappa shape index (κ1) is 26.9. The van der Waals surface area contributed by atoms with E-state index in [-0.39, 0.29) is 18.4 Å². The third-order valence-electron chi connectivity index (χ3n) is 4.94. The molecule has 0 saturated heterocycles. The van der Waals surface area contributed by atoms with Gasteiger partial charge in [-0.05, 0) is 27.2 Å². The molecule has 0 amide bonds. The molecule has 0 saturated carbocycles. The minimum Gasteiger partial charge on any atom is -0.460 e. The van der Waals surface area contributed by atoms with Crippen LogP contribution in [0, 0.1) is 0 Å². The van der Waals surface area contributed by atoms with Crippen molar-refractivity contribution in [2.45, 2.75) is 116 Å². The number of carbonyl (C=O) groups is 1. The van der Waals surface area contributed by atoms with Crippen molar-refractivity contribution in [3.8, 4) is 0 Å². The zero-order valence-electron chi connectivity index (χ0n) is 16.5. The van der Waals surface area contributed by atoms with Crippen LogP contribution >= 0.6 is 12.4 Å². The third kappa shape index (κ3) is 10.4. The Labute approximate surface area is 160 Å². The van der Waals surface area contributed by atoms with Gasteiger partial charge in [0.1, 0.15) is 11.6 Å². The minimum absolute atomic E-state index is 0. The molecule has 6 heteroatoms. The van der Waals surface area contributed by atoms with E-state index in [9.17, 15) is 15.0 Å². The van der Waals surface area contributed by atoms with Crippen molar-refractivity contribution in [1.82, 2.24) is 0 Å². The van der Waals surface area contributed by atoms with E-state index in [1.54, 1.807) is 6.92 Å². The van der Waals surface area contributed by atoms with Gasteiger partial charge >= 0.3 is 5.97 Å². The predicted molar refractivity (Wildman–Crippen MR) is 105 cm³/mol. The van der Waals surface area contributed by atoms with Gasteiger partial charge in [0.25, 0.3) is 0 Å². The average molecular weight is 382 g/mol. The van der Waals surface area contributed by atoms with Crippen LogP contribution in [0.4, 0.5) is 0 Å². The highest BCUT2D eigenvalue weighted by Crippen LogP contribution is 2.21. The molecular formula is C19H40ClNO4. The molecule has 0 fully saturated rings. The molecule has 0 aliphatic heterocycles. The first-order chi connectivity index (χ1) is 11.3. The number of hydrogen-bond donors (Lipinski definition) is 3. The molecule has 152 valence electrons. The Balaban J connectivity index is 0. The van der Waals surface area contributed by atoms with E-state index in [2.05, 4.69) is 6.92 Å². The second kappa shape index (κ2) is 14.8. The maximum absolute atomic E-state index is 11.9. The quantitative estimate of drug-likeness (QED) is 0.315. The number of esters is 1. The molecule has 0 aromatic carbocycles. The summed E-state index contributed by atoms with van der Waals surface area (Å²) in [5.74, 6) is -0.318. The highest BCUT2D eigenvalue weighted by Gasteiger charge is 2.43. The molecule has 3 unspecified atom stereocenters. The van der Waals surface area contributed by atoms with E-state index in [1.165, 1.54) is 52.4 Å². The van der Waals surface area contributed by atoms with Crippen LogP contribution in [-0.2, 0) is 9.53 Å². The minimum atomic E-state index is -1.35. The van der Waals surface area contributed by atoms with E-state index in [4.69, 9.17) is 10.5 Å². The van der Waals surface area contributed by atoms with E-state index in [1.807, 2.05) is 0 Å². The smallest absolute Gasteiger partial charge is 0.306 e. The number of aliphatic hydroxyl groups is 2. The molecule has 0 heterocycles. The summed E-state index contributed by atoms with van der Waals surface area (Å²) in [6.07, 6.45) is 8.38. The number of halogens is 1. The fourth-order valence-corrected chi connectivity index (χ4v) is 2.97. The van der Waals surface area contributed by atoms with Crippen molar-refractivity contribution in [3.63, 3.8) is 0 Å². The first-order valence-electron chi connectivity index (χ1n) is 9.61. The van der Waals surface area contributed by atoms with Gasteiger partial charge in [-0.15, -0.1) is 12.4 Å². The number of nitrogens with two attached hydrogens (primary N) is 1. The number of ether oxygens (including phenoxy) is 1. The van der Waals surface area contributed by atoms with Crippen molar-refractivity contribution in [2.24, 2.45) is 5.73 Å². The Morgan fingerprint density at radius 1 is 0.920 bits per heavy atom. The highest BCUT2D eigenvalue weighted by molar-refractivity contribution is 5.85. The average Bonchev–Trinajstić information content (AvgIpc) is 2.51. The number of hydrogen-bond acceptors (Lipinski definition) is 5. The van der Waals surface area contributed by atoms with Crippen molar-refractivity contribution in [1.29, 1.82) is 0 Å². The molecule has 4 N–H and O–H groups in total. The van der Waals surface area contributed by atoms with Crippen LogP contribution in [0.25, 0.3) is 0 Å². The van der Waals surface area contributed by atoms with Gasteiger partial charge in [0.2, 0.25) is 0 Å². The molecule has 0 spiro atoms. The predicted octanol–water partition coefficient (Wildman–Crippen LogP) is 3.72. The Bertz CT molecular complexity index is 329. The zero-order valence-corrected chi connectivity index (χ0v) is 17.3. The number of aliphatic hydroxyl groups excluding tert-OH is 2. The summed E-state index contributed by atoms with van der Waals surface area (Å²) in [7, 11) is 0. The lowest BCUT2D eigenvalue weighted by atomic mass is 9.84. The van der Waals surface area contributed by atoms with Crippen molar-refractivity contribution in [3.05, 3.63) is 0 Å². The van der Waals surface area contributed by atoms with Crippen LogP contribution in [0.3, 0.4) is 0 Å². The normalized spacial score (nSPS) is 17.1. The summed E-state index contributed by atoms with van der Waals surface area (Å²) in [5, 5.41) is 19.6. The standard InChI is InChI=1S/C19H39NO4.ClH/c1-5-6-7-8-9-10-11-12-13-14-18(23)24-17(4)19(20,15(2)21)16(3)22;/h15-17,21-22H,5-14,20H2,1-4H3;1H. The van der Waals surface area contributed by atoms with Gasteiger partial charge in [-0.2, -0.15) is 0 Å². The van der Waals surface area contributed by atoms with Crippen LogP contribution in [0.5, 0.6) is 0 Å². The maximum Gasteiger partial charge on any atom is 0.306 e. The van der Waals surface area contributed by atoms with Crippen LogP contribution in [-0.4, -0.2) is 40.0 Å². The van der Waals surface area contributed by atoms with Gasteiger partial charge in [-0.1, -0.05) is 58.3 Å². The van der Waals surface area contributed by atoms with Gasteiger partial charge in [0, 0.05) is 6.42 Å². The van der Waals surface area contributed by atoms with Gasteiger partial charge in [-0.25, -0.2) is 0 Å². The van der Waals surface area contributed by atoms with Crippen LogP contribution < -0.4 is 5.73 Å². The summed E-state index contributed by atoms with van der Waals surface area (Å²) in [6, 6.07) is 0. The largest absolute Gasteiger partial charge is 0.460 e. The molecule has 0 aliphatic rings. The van der Waals surface area contributed by atoms with Gasteiger partial charge < -0.3 is 20.7 Å². The fraction of sp³-hybridized carbons (Fsp3) is 0.947. The molecule has 25 heavy (non-hydrogen) atoms. The van der Waals surface area contributed by atoms with Gasteiger partial charge in [0.15, 0.2) is 0 Å². The lowest BCUT2D eigenvalue weighted by molar-refractivity contribution is -0.158. The van der Waals surface area contributed by atoms with Gasteiger partial charge in [-0.3, -0.25) is 4.79 Å². The second-order valence-electron chi connectivity index (χ2n) is 7.06. The Morgan fingerprint density at radius 2 is 1.32 bits per heavy atom. The molecule has 0 rings (SSSR count). The van der Waals surface area contributed by atoms with E-state index in [0.29, 0.717) is 6.42 Å². The Hall–Kier alpha value is -0.360. The topological polar surface area (TPSA) is 92.8 Å². The fourth-order valence-electron chi connectivity index (χ4n) is 2.97. The third-order valence-corrected chi connectivity index (χ3v) is 4.94. The lowest BCUT2D eigenvalue weighted by Gasteiger charge is -2.39. The summed E-state index contributed by atoms with van der Waals surface area (Å²) < 4.78 is 5.33. The van der Waals surface area contributed by atoms with Crippen LogP contribution in [0.2, 0.25) is 0 Å². The Morgan fingerprint density at radius 3 is 1.72 bits per heavy atom. The first-order valence-corrected chi connectivity index (χ1v) is 9.61. The van der Waals surface area contributed by atoms with Crippen LogP contribution in [0.1, 0.15) is 91.9 Å². The maximum atomic E-state index is 11.9. The zero-order chi connectivity index (χ0) is 18.6. The second-order valence-corrected chi connectivity index (χ2v) is 7.06. The van der Waals surface area contributed by atoms with E-state index < -0.39 is 23.9 Å². The number of carbonyl (C=O) groups excluding carboxylic acids is 1.